The largest absolute Gasteiger partial charge is 0.463 e. The molecule has 0 saturated carbocycles. The predicted molar refractivity (Wildman–Crippen MR) is 203 cm³/mol. The summed E-state index contributed by atoms with van der Waals surface area (Å²) in [5.74, 6) is -0.416. The number of hydrogen-bond acceptors (Lipinski definition) is 4. The van der Waals surface area contributed by atoms with Crippen LogP contribution in [0.3, 0.4) is 0 Å². The van der Waals surface area contributed by atoms with Gasteiger partial charge in [0.15, 0.2) is 0 Å². The molecule has 0 aromatic rings. The standard InChI is InChI=1S/C42H84NO4/c1-9-11-13-15-17-19-21-23-25-27-29-31-33-39(41(44)46-37(3)4)35-43(7,8)36-40(42(45)47-38(5)6)34-32-30-28-26-24-22-20-18-16-14-12-10-2/h37-40H,9-36H2,1-8H3/q+1. The van der Waals surface area contributed by atoms with E-state index in [9.17, 15) is 9.59 Å². The number of nitrogens with zero attached hydrogens (tertiary/aromatic N) is 1. The van der Waals surface area contributed by atoms with Crippen molar-refractivity contribution in [3.05, 3.63) is 0 Å². The molecule has 47 heavy (non-hydrogen) atoms. The molecule has 0 N–H and O–H groups in total. The molecule has 5 nitrogen and oxygen atoms in total. The van der Waals surface area contributed by atoms with E-state index in [1.807, 2.05) is 27.7 Å². The predicted octanol–water partition coefficient (Wildman–Crippen LogP) is 12.4. The highest BCUT2D eigenvalue weighted by Gasteiger charge is 2.34. The van der Waals surface area contributed by atoms with Gasteiger partial charge in [0.05, 0.1) is 39.4 Å². The highest BCUT2D eigenvalue weighted by Crippen LogP contribution is 2.23. The van der Waals surface area contributed by atoms with Gasteiger partial charge in [-0.3, -0.25) is 9.59 Å². The van der Waals surface area contributed by atoms with Crippen molar-refractivity contribution in [1.29, 1.82) is 0 Å². The fourth-order valence-corrected chi connectivity index (χ4v) is 6.96. The van der Waals surface area contributed by atoms with Crippen LogP contribution in [0.5, 0.6) is 0 Å². The fourth-order valence-electron chi connectivity index (χ4n) is 6.96. The summed E-state index contributed by atoms with van der Waals surface area (Å²) < 4.78 is 12.1. The van der Waals surface area contributed by atoms with Crippen molar-refractivity contribution in [1.82, 2.24) is 0 Å². The summed E-state index contributed by atoms with van der Waals surface area (Å²) in [6.45, 7) is 13.7. The van der Waals surface area contributed by atoms with Crippen molar-refractivity contribution in [2.75, 3.05) is 27.2 Å². The summed E-state index contributed by atoms with van der Waals surface area (Å²) in [6, 6.07) is 0. The summed E-state index contributed by atoms with van der Waals surface area (Å²) in [7, 11) is 4.35. The molecule has 0 heterocycles. The molecular weight excluding hydrogens is 582 g/mol. The van der Waals surface area contributed by atoms with Crippen LogP contribution in [-0.4, -0.2) is 55.8 Å². The quantitative estimate of drug-likeness (QED) is 0.0389. The van der Waals surface area contributed by atoms with Gasteiger partial charge < -0.3 is 14.0 Å². The second-order valence-corrected chi connectivity index (χ2v) is 16.0. The van der Waals surface area contributed by atoms with Gasteiger partial charge in [-0.05, 0) is 40.5 Å². The molecule has 2 atom stereocenters. The van der Waals surface area contributed by atoms with E-state index in [1.165, 1.54) is 141 Å². The first-order valence-corrected chi connectivity index (χ1v) is 20.7. The first-order chi connectivity index (χ1) is 22.5. The minimum atomic E-state index is -0.135. The number of ether oxygens (including phenoxy) is 2. The number of unbranched alkanes of at least 4 members (excludes halogenated alkanes) is 22. The van der Waals surface area contributed by atoms with Crippen molar-refractivity contribution in [3.63, 3.8) is 0 Å². The average Bonchev–Trinajstić information content (AvgIpc) is 3.00. The van der Waals surface area contributed by atoms with Crippen molar-refractivity contribution < 1.29 is 23.5 Å². The second-order valence-electron chi connectivity index (χ2n) is 16.0. The molecule has 0 radical (unpaired) electrons. The van der Waals surface area contributed by atoms with Crippen LogP contribution in [0.2, 0.25) is 0 Å². The Morgan fingerprint density at radius 2 is 0.660 bits per heavy atom. The summed E-state index contributed by atoms with van der Waals surface area (Å²) >= 11 is 0. The molecular formula is C42H84NO4+. The maximum Gasteiger partial charge on any atom is 0.314 e. The summed E-state index contributed by atoms with van der Waals surface area (Å²) in [6.07, 6.45) is 33.0. The molecule has 0 saturated heterocycles. The molecule has 0 aromatic carbocycles. The van der Waals surface area contributed by atoms with Crippen LogP contribution in [0, 0.1) is 11.8 Å². The van der Waals surface area contributed by atoms with Crippen LogP contribution in [-0.2, 0) is 19.1 Å². The summed E-state index contributed by atoms with van der Waals surface area (Å²) in [5, 5.41) is 0. The van der Waals surface area contributed by atoms with Crippen molar-refractivity contribution in [2.24, 2.45) is 11.8 Å². The Morgan fingerprint density at radius 1 is 0.426 bits per heavy atom. The Balaban J connectivity index is 4.74. The van der Waals surface area contributed by atoms with E-state index in [-0.39, 0.29) is 36.0 Å². The van der Waals surface area contributed by atoms with Crippen molar-refractivity contribution in [3.8, 4) is 0 Å². The third-order valence-corrected chi connectivity index (χ3v) is 9.61. The summed E-state index contributed by atoms with van der Waals surface area (Å²) in [5.41, 5.74) is 0. The van der Waals surface area contributed by atoms with E-state index in [1.54, 1.807) is 0 Å². The topological polar surface area (TPSA) is 52.6 Å². The highest BCUT2D eigenvalue weighted by atomic mass is 16.5. The zero-order valence-electron chi connectivity index (χ0n) is 33.2. The lowest BCUT2D eigenvalue weighted by molar-refractivity contribution is -0.895. The molecule has 0 aliphatic rings. The first-order valence-electron chi connectivity index (χ1n) is 20.7. The van der Waals surface area contributed by atoms with Gasteiger partial charge in [0.1, 0.15) is 11.8 Å². The molecule has 5 heteroatoms. The Morgan fingerprint density at radius 3 is 0.894 bits per heavy atom. The van der Waals surface area contributed by atoms with Gasteiger partial charge in [-0.2, -0.15) is 0 Å². The lowest BCUT2D eigenvalue weighted by atomic mass is 9.95. The monoisotopic (exact) mass is 667 g/mol. The maximum absolute atomic E-state index is 13.2. The molecule has 2 unspecified atom stereocenters. The van der Waals surface area contributed by atoms with Gasteiger partial charge in [0.25, 0.3) is 0 Å². The lowest BCUT2D eigenvalue weighted by Gasteiger charge is -2.35. The average molecular weight is 667 g/mol. The third-order valence-electron chi connectivity index (χ3n) is 9.61. The summed E-state index contributed by atoms with van der Waals surface area (Å²) in [4.78, 5) is 26.4. The number of carbonyl (C=O) groups excluding carboxylic acids is 2. The second kappa shape index (κ2) is 30.9. The fraction of sp³-hybridized carbons (Fsp3) is 0.952. The van der Waals surface area contributed by atoms with Gasteiger partial charge in [-0.25, -0.2) is 0 Å². The molecule has 0 amide bonds. The minimum absolute atomic E-state index is 0.0726. The molecule has 0 aliphatic carbocycles. The van der Waals surface area contributed by atoms with E-state index in [0.717, 1.165) is 25.7 Å². The van der Waals surface area contributed by atoms with Crippen molar-refractivity contribution >= 4 is 11.9 Å². The van der Waals surface area contributed by atoms with Gasteiger partial charge in [-0.15, -0.1) is 0 Å². The third kappa shape index (κ3) is 29.5. The smallest absolute Gasteiger partial charge is 0.314 e. The van der Waals surface area contributed by atoms with Crippen LogP contribution in [0.15, 0.2) is 0 Å². The van der Waals surface area contributed by atoms with Crippen LogP contribution >= 0.6 is 0 Å². The van der Waals surface area contributed by atoms with Gasteiger partial charge >= 0.3 is 11.9 Å². The highest BCUT2D eigenvalue weighted by molar-refractivity contribution is 5.73. The SMILES string of the molecule is CCCCCCCCCCCCCCC(C[N+](C)(C)CC(CCCCCCCCCCCCCC)C(=O)OC(C)C)C(=O)OC(C)C. The maximum atomic E-state index is 13.2. The number of hydrogen-bond donors (Lipinski definition) is 0. The van der Waals surface area contributed by atoms with Gasteiger partial charge in [0, 0.05) is 0 Å². The molecule has 0 aliphatic heterocycles. The van der Waals surface area contributed by atoms with E-state index in [4.69, 9.17) is 9.47 Å². The zero-order chi connectivity index (χ0) is 35.2. The van der Waals surface area contributed by atoms with Gasteiger partial charge in [0.2, 0.25) is 0 Å². The molecule has 280 valence electrons. The molecule has 0 bridgehead atoms. The zero-order valence-corrected chi connectivity index (χ0v) is 33.2. The Kier molecular flexibility index (Phi) is 30.2. The van der Waals surface area contributed by atoms with Crippen LogP contribution in [0.25, 0.3) is 0 Å². The number of rotatable bonds is 34. The van der Waals surface area contributed by atoms with E-state index in [2.05, 4.69) is 27.9 Å². The lowest BCUT2D eigenvalue weighted by Crippen LogP contribution is -2.50. The van der Waals surface area contributed by atoms with Crippen LogP contribution < -0.4 is 0 Å². The molecule has 0 rings (SSSR count). The Labute approximate surface area is 294 Å². The first kappa shape index (κ1) is 45.9. The van der Waals surface area contributed by atoms with Crippen molar-refractivity contribution in [2.45, 2.75) is 221 Å². The molecule has 0 aromatic heterocycles. The number of esters is 2. The van der Waals surface area contributed by atoms with E-state index < -0.39 is 0 Å². The number of quaternary nitrogens is 1. The minimum Gasteiger partial charge on any atom is -0.463 e. The Bertz CT molecular complexity index is 661. The van der Waals surface area contributed by atoms with Gasteiger partial charge in [-0.1, -0.05) is 168 Å². The normalized spacial score (nSPS) is 13.3. The van der Waals surface area contributed by atoms with Crippen LogP contribution in [0.4, 0.5) is 0 Å². The Hall–Kier alpha value is -1.10. The van der Waals surface area contributed by atoms with E-state index in [0.29, 0.717) is 17.6 Å². The molecule has 0 fully saturated rings. The van der Waals surface area contributed by atoms with E-state index >= 15 is 0 Å². The molecule has 0 spiro atoms. The number of carbonyl (C=O) groups is 2. The van der Waals surface area contributed by atoms with Crippen LogP contribution in [0.1, 0.15) is 208 Å².